The number of piperazine rings is 1. The lowest BCUT2D eigenvalue weighted by molar-refractivity contribution is -0.148. The highest BCUT2D eigenvalue weighted by molar-refractivity contribution is 5.97. The molecule has 2 aliphatic heterocycles. The number of benzene rings is 1. The Morgan fingerprint density at radius 1 is 1.38 bits per heavy atom. The number of ether oxygens (including phenoxy) is 1. The van der Waals surface area contributed by atoms with E-state index < -0.39 is 36.6 Å². The van der Waals surface area contributed by atoms with E-state index in [4.69, 9.17) is 9.84 Å². The zero-order valence-corrected chi connectivity index (χ0v) is 12.6. The van der Waals surface area contributed by atoms with Crippen LogP contribution in [0.1, 0.15) is 6.42 Å². The van der Waals surface area contributed by atoms with Gasteiger partial charge in [0.25, 0.3) is 0 Å². The third-order valence-corrected chi connectivity index (χ3v) is 4.03. The Morgan fingerprint density at radius 2 is 2.08 bits per heavy atom. The number of aliphatic hydroxyl groups excluding tert-OH is 1. The van der Waals surface area contributed by atoms with Gasteiger partial charge in [0.1, 0.15) is 23.7 Å². The largest absolute Gasteiger partial charge is 0.412 e. The number of amides is 3. The molecule has 0 unspecified atom stereocenters. The van der Waals surface area contributed by atoms with Gasteiger partial charge in [-0.25, -0.2) is 9.18 Å². The second-order valence-electron chi connectivity index (χ2n) is 5.67. The molecule has 0 bridgehead atoms. The second kappa shape index (κ2) is 6.44. The zero-order valence-electron chi connectivity index (χ0n) is 12.6. The summed E-state index contributed by atoms with van der Waals surface area (Å²) in [7, 11) is 0. The van der Waals surface area contributed by atoms with Crippen molar-refractivity contribution in [1.82, 2.24) is 15.5 Å². The van der Waals surface area contributed by atoms with E-state index in [0.29, 0.717) is 0 Å². The van der Waals surface area contributed by atoms with Crippen LogP contribution in [0.15, 0.2) is 24.3 Å². The van der Waals surface area contributed by atoms with Gasteiger partial charge in [0.05, 0.1) is 12.6 Å². The third-order valence-electron chi connectivity index (χ3n) is 4.03. The number of nitrogens with one attached hydrogen (secondary N) is 2. The molecule has 0 radical (unpaired) electrons. The molecule has 1 aromatic carbocycles. The van der Waals surface area contributed by atoms with Crippen LogP contribution in [-0.2, 0) is 9.59 Å². The van der Waals surface area contributed by atoms with Crippen LogP contribution in [0.2, 0.25) is 0 Å². The summed E-state index contributed by atoms with van der Waals surface area (Å²) in [6, 6.07) is 2.89. The number of aliphatic hydroxyl groups is 1. The van der Waals surface area contributed by atoms with Crippen molar-refractivity contribution in [2.24, 2.45) is 0 Å². The molecular weight excluding hydrogens is 321 g/mol. The van der Waals surface area contributed by atoms with Crippen molar-refractivity contribution in [2.75, 3.05) is 13.2 Å². The van der Waals surface area contributed by atoms with Gasteiger partial charge in [-0.2, -0.15) is 0 Å². The van der Waals surface area contributed by atoms with Gasteiger partial charge in [0.15, 0.2) is 0 Å². The van der Waals surface area contributed by atoms with Gasteiger partial charge in [-0.1, -0.05) is 0 Å². The highest BCUT2D eigenvalue weighted by atomic mass is 19.1. The Balaban J connectivity index is 1.59. The van der Waals surface area contributed by atoms with Crippen LogP contribution < -0.4 is 15.4 Å². The van der Waals surface area contributed by atoms with E-state index in [-0.39, 0.29) is 30.5 Å². The smallest absolute Gasteiger partial charge is 0.410 e. The number of carbonyl (C=O) groups is 3. The van der Waals surface area contributed by atoms with E-state index in [0.717, 1.165) is 12.1 Å². The van der Waals surface area contributed by atoms with Crippen molar-refractivity contribution < 1.29 is 28.6 Å². The molecule has 128 valence electrons. The van der Waals surface area contributed by atoms with E-state index in [1.807, 2.05) is 0 Å². The summed E-state index contributed by atoms with van der Waals surface area (Å²) in [4.78, 5) is 37.3. The molecule has 0 aromatic heterocycles. The highest BCUT2D eigenvalue weighted by Gasteiger charge is 2.46. The maximum Gasteiger partial charge on any atom is 0.412 e. The van der Waals surface area contributed by atoms with Crippen LogP contribution in [0, 0.1) is 5.82 Å². The highest BCUT2D eigenvalue weighted by Crippen LogP contribution is 2.23. The number of rotatable bonds is 3. The molecular formula is C15H16FN3O5. The molecule has 8 nitrogen and oxygen atoms in total. The summed E-state index contributed by atoms with van der Waals surface area (Å²) in [5.41, 5.74) is 0. The molecule has 2 saturated heterocycles. The van der Waals surface area contributed by atoms with Gasteiger partial charge < -0.3 is 25.4 Å². The van der Waals surface area contributed by atoms with Crippen molar-refractivity contribution in [3.05, 3.63) is 30.1 Å². The standard InChI is InChI=1S/C15H16FN3O5/c16-8-1-3-10(4-2-8)24-15(23)17-9-5-12-13(21)18-11(7-20)14(22)19(12)6-9/h1-4,9,11-12,20H,5-7H2,(H,17,23)(H,18,21)/t9-,11-,12-/m0/s1. The summed E-state index contributed by atoms with van der Waals surface area (Å²) in [6.07, 6.45) is -0.494. The van der Waals surface area contributed by atoms with Gasteiger partial charge in [-0.3, -0.25) is 9.59 Å². The molecule has 0 spiro atoms. The summed E-state index contributed by atoms with van der Waals surface area (Å²) < 4.78 is 17.8. The first-order valence-corrected chi connectivity index (χ1v) is 7.43. The topological polar surface area (TPSA) is 108 Å². The summed E-state index contributed by atoms with van der Waals surface area (Å²) >= 11 is 0. The molecule has 0 saturated carbocycles. The van der Waals surface area contributed by atoms with Crippen molar-refractivity contribution in [3.8, 4) is 5.75 Å². The third kappa shape index (κ3) is 3.16. The summed E-state index contributed by atoms with van der Waals surface area (Å²) in [6.45, 7) is -0.315. The number of nitrogens with zero attached hydrogens (tertiary/aromatic N) is 1. The summed E-state index contributed by atoms with van der Waals surface area (Å²) in [5, 5.41) is 14.1. The molecule has 3 amide bonds. The molecule has 24 heavy (non-hydrogen) atoms. The Kier molecular flexibility index (Phi) is 4.34. The minimum absolute atomic E-state index is 0.159. The number of carbonyl (C=O) groups excluding carboxylic acids is 3. The Morgan fingerprint density at radius 3 is 2.75 bits per heavy atom. The van der Waals surface area contributed by atoms with E-state index in [1.54, 1.807) is 0 Å². The maximum absolute atomic E-state index is 12.8. The second-order valence-corrected chi connectivity index (χ2v) is 5.67. The van der Waals surface area contributed by atoms with Gasteiger partial charge >= 0.3 is 6.09 Å². The van der Waals surface area contributed by atoms with Gasteiger partial charge in [0.2, 0.25) is 11.8 Å². The van der Waals surface area contributed by atoms with Crippen LogP contribution in [0.5, 0.6) is 5.75 Å². The predicted octanol–water partition coefficient (Wildman–Crippen LogP) is -0.626. The lowest BCUT2D eigenvalue weighted by atomic mass is 10.1. The molecule has 3 atom stereocenters. The van der Waals surface area contributed by atoms with Crippen LogP contribution in [0.4, 0.5) is 9.18 Å². The maximum atomic E-state index is 12.8. The molecule has 0 aliphatic carbocycles. The number of fused-ring (bicyclic) bond motifs is 1. The lowest BCUT2D eigenvalue weighted by Gasteiger charge is -2.33. The Labute approximate surface area is 136 Å². The van der Waals surface area contributed by atoms with Crippen LogP contribution in [-0.4, -0.2) is 59.2 Å². The van der Waals surface area contributed by atoms with Gasteiger partial charge in [0, 0.05) is 6.54 Å². The van der Waals surface area contributed by atoms with Gasteiger partial charge in [-0.05, 0) is 30.7 Å². The van der Waals surface area contributed by atoms with Crippen molar-refractivity contribution in [3.63, 3.8) is 0 Å². The quantitative estimate of drug-likeness (QED) is 0.681. The molecule has 9 heteroatoms. The average Bonchev–Trinajstić information content (AvgIpc) is 2.97. The van der Waals surface area contributed by atoms with Crippen molar-refractivity contribution in [1.29, 1.82) is 0 Å². The predicted molar refractivity (Wildman–Crippen MR) is 78.5 cm³/mol. The van der Waals surface area contributed by atoms with Crippen molar-refractivity contribution in [2.45, 2.75) is 24.5 Å². The van der Waals surface area contributed by atoms with Gasteiger partial charge in [-0.15, -0.1) is 0 Å². The number of halogens is 1. The van der Waals surface area contributed by atoms with Crippen molar-refractivity contribution >= 4 is 17.9 Å². The number of hydrogen-bond donors (Lipinski definition) is 3. The van der Waals surface area contributed by atoms with Crippen LogP contribution >= 0.6 is 0 Å². The number of hydrogen-bond acceptors (Lipinski definition) is 5. The Hall–Kier alpha value is -2.68. The fourth-order valence-electron chi connectivity index (χ4n) is 2.89. The molecule has 2 aliphatic rings. The monoisotopic (exact) mass is 337 g/mol. The first-order chi connectivity index (χ1) is 11.5. The molecule has 3 rings (SSSR count). The average molecular weight is 337 g/mol. The first-order valence-electron chi connectivity index (χ1n) is 7.43. The molecule has 2 heterocycles. The van der Waals surface area contributed by atoms with E-state index in [2.05, 4.69) is 10.6 Å². The minimum atomic E-state index is -0.946. The van der Waals surface area contributed by atoms with E-state index >= 15 is 0 Å². The minimum Gasteiger partial charge on any atom is -0.410 e. The lowest BCUT2D eigenvalue weighted by Crippen LogP contribution is -2.62. The van der Waals surface area contributed by atoms with E-state index in [1.165, 1.54) is 17.0 Å². The molecule has 2 fully saturated rings. The normalized spacial score (nSPS) is 25.9. The van der Waals surface area contributed by atoms with Crippen LogP contribution in [0.25, 0.3) is 0 Å². The fourth-order valence-corrected chi connectivity index (χ4v) is 2.89. The SMILES string of the molecule is O=C(N[C@H]1C[C@H]2C(=O)N[C@@H](CO)C(=O)N2C1)Oc1ccc(F)cc1. The Bertz CT molecular complexity index is 666. The molecule has 3 N–H and O–H groups in total. The van der Waals surface area contributed by atoms with Crippen LogP contribution in [0.3, 0.4) is 0 Å². The summed E-state index contributed by atoms with van der Waals surface area (Å²) in [5.74, 6) is -1.000. The zero-order chi connectivity index (χ0) is 17.3. The molecule has 1 aromatic rings. The first kappa shape index (κ1) is 16.2. The van der Waals surface area contributed by atoms with E-state index in [9.17, 15) is 18.8 Å². The fraction of sp³-hybridized carbons (Fsp3) is 0.400.